The maximum Gasteiger partial charge on any atom is 0.408 e. The molecule has 3 aromatic rings. The summed E-state index contributed by atoms with van der Waals surface area (Å²) in [7, 11) is 1.55. The Morgan fingerprint density at radius 2 is 1.63 bits per heavy atom. The molecular formula is C33H39N3O7. The third-order valence-corrected chi connectivity index (χ3v) is 6.98. The Balaban J connectivity index is 1.73. The van der Waals surface area contributed by atoms with Crippen molar-refractivity contribution in [3.05, 3.63) is 83.4 Å². The highest BCUT2D eigenvalue weighted by molar-refractivity contribution is 5.99. The van der Waals surface area contributed by atoms with E-state index in [9.17, 15) is 24.6 Å². The van der Waals surface area contributed by atoms with Crippen LogP contribution in [0.3, 0.4) is 0 Å². The second kappa shape index (κ2) is 13.1. The smallest absolute Gasteiger partial charge is 0.408 e. The van der Waals surface area contributed by atoms with Gasteiger partial charge in [-0.3, -0.25) is 9.59 Å². The van der Waals surface area contributed by atoms with Crippen LogP contribution in [0.15, 0.2) is 66.7 Å². The van der Waals surface area contributed by atoms with E-state index in [0.29, 0.717) is 41.0 Å². The molecule has 3 amide bonds. The Hall–Kier alpha value is -4.73. The number of anilines is 1. The van der Waals surface area contributed by atoms with Gasteiger partial charge < -0.3 is 35.2 Å². The molecule has 0 heterocycles. The molecule has 4 rings (SSSR count). The van der Waals surface area contributed by atoms with Crippen LogP contribution in [0, 0.1) is 6.92 Å². The second-order valence-electron chi connectivity index (χ2n) is 11.7. The highest BCUT2D eigenvalue weighted by atomic mass is 16.6. The number of hydrogen-bond acceptors (Lipinski definition) is 7. The molecule has 1 aliphatic rings. The first-order chi connectivity index (χ1) is 20.3. The van der Waals surface area contributed by atoms with Crippen molar-refractivity contribution in [1.29, 1.82) is 0 Å². The molecule has 0 radical (unpaired) electrons. The predicted octanol–water partition coefficient (Wildman–Crippen LogP) is 5.22. The molecule has 228 valence electrons. The van der Waals surface area contributed by atoms with Gasteiger partial charge in [0, 0.05) is 18.2 Å². The number of nitrogens with zero attached hydrogens (tertiary/aromatic N) is 1. The van der Waals surface area contributed by atoms with Gasteiger partial charge in [0.05, 0.1) is 7.11 Å². The maximum atomic E-state index is 14.5. The zero-order valence-corrected chi connectivity index (χ0v) is 25.1. The van der Waals surface area contributed by atoms with Crippen molar-refractivity contribution in [1.82, 2.24) is 10.2 Å². The Labute approximate surface area is 251 Å². The number of aromatic hydroxyl groups is 2. The normalized spacial score (nSPS) is 14.3. The van der Waals surface area contributed by atoms with Crippen LogP contribution in [0.25, 0.3) is 0 Å². The van der Waals surface area contributed by atoms with Gasteiger partial charge in [-0.25, -0.2) is 4.79 Å². The first-order valence-corrected chi connectivity index (χ1v) is 14.2. The van der Waals surface area contributed by atoms with Crippen molar-refractivity contribution in [2.45, 2.75) is 70.7 Å². The zero-order valence-electron chi connectivity index (χ0n) is 25.1. The van der Waals surface area contributed by atoms with Crippen molar-refractivity contribution >= 4 is 23.6 Å². The predicted molar refractivity (Wildman–Crippen MR) is 162 cm³/mol. The lowest BCUT2D eigenvalue weighted by molar-refractivity contribution is -0.141. The molecular weight excluding hydrogens is 550 g/mol. The largest absolute Gasteiger partial charge is 0.508 e. The third kappa shape index (κ3) is 8.41. The molecule has 2 unspecified atom stereocenters. The van der Waals surface area contributed by atoms with E-state index in [4.69, 9.17) is 9.47 Å². The third-order valence-electron chi connectivity index (χ3n) is 6.98. The van der Waals surface area contributed by atoms with Crippen LogP contribution in [-0.4, -0.2) is 57.8 Å². The van der Waals surface area contributed by atoms with Gasteiger partial charge in [0.2, 0.25) is 5.91 Å². The van der Waals surface area contributed by atoms with Crippen LogP contribution in [0.2, 0.25) is 0 Å². The number of carbonyl (C=O) groups excluding carboxylic acids is 3. The zero-order chi connectivity index (χ0) is 31.3. The quantitative estimate of drug-likeness (QED) is 0.254. The van der Waals surface area contributed by atoms with Crippen LogP contribution in [-0.2, 0) is 20.7 Å². The van der Waals surface area contributed by atoms with Crippen molar-refractivity contribution in [2.24, 2.45) is 0 Å². The molecule has 0 aliphatic heterocycles. The summed E-state index contributed by atoms with van der Waals surface area (Å²) < 4.78 is 10.7. The number of ether oxygens (including phenoxy) is 2. The first-order valence-electron chi connectivity index (χ1n) is 14.2. The number of phenols is 2. The summed E-state index contributed by atoms with van der Waals surface area (Å²) in [6, 6.07) is 15.6. The lowest BCUT2D eigenvalue weighted by atomic mass is 9.98. The van der Waals surface area contributed by atoms with E-state index in [1.54, 1.807) is 83.3 Å². The maximum absolute atomic E-state index is 14.5. The molecule has 1 saturated carbocycles. The molecule has 0 saturated heterocycles. The van der Waals surface area contributed by atoms with Crippen LogP contribution < -0.4 is 15.4 Å². The van der Waals surface area contributed by atoms with Gasteiger partial charge in [-0.15, -0.1) is 0 Å². The van der Waals surface area contributed by atoms with Gasteiger partial charge in [0.25, 0.3) is 5.91 Å². The number of methoxy groups -OCH3 is 1. The Kier molecular flexibility index (Phi) is 9.48. The van der Waals surface area contributed by atoms with Crippen LogP contribution >= 0.6 is 0 Å². The lowest BCUT2D eigenvalue weighted by Gasteiger charge is -2.35. The number of hydrogen-bond donors (Lipinski definition) is 4. The molecule has 4 N–H and O–H groups in total. The summed E-state index contributed by atoms with van der Waals surface area (Å²) in [4.78, 5) is 42.9. The molecule has 0 spiro atoms. The van der Waals surface area contributed by atoms with E-state index in [1.807, 2.05) is 0 Å². The molecule has 3 aromatic carbocycles. The van der Waals surface area contributed by atoms with Gasteiger partial charge in [0.1, 0.15) is 34.9 Å². The van der Waals surface area contributed by atoms with Gasteiger partial charge >= 0.3 is 6.09 Å². The van der Waals surface area contributed by atoms with Gasteiger partial charge in [-0.2, -0.15) is 0 Å². The monoisotopic (exact) mass is 589 g/mol. The van der Waals surface area contributed by atoms with Crippen molar-refractivity contribution < 1.29 is 34.1 Å². The fourth-order valence-electron chi connectivity index (χ4n) is 4.74. The van der Waals surface area contributed by atoms with Crippen LogP contribution in [0.5, 0.6) is 17.2 Å². The molecule has 10 nitrogen and oxygen atoms in total. The average molecular weight is 590 g/mol. The topological polar surface area (TPSA) is 137 Å². The standard InChI is InChI=1S/C33H39N3O7/c1-20-18-22(8-17-28(20)38)29(30(39)34-23-9-15-26(42-5)16-10-23)36(24-11-12-24)31(40)27(35-32(41)43-33(2,3)4)19-21-6-13-25(37)14-7-21/h6-10,13-18,24,27,29,37-38H,11-12,19H2,1-5H3,(H,34,39)(H,35,41). The summed E-state index contributed by atoms with van der Waals surface area (Å²) in [5.41, 5.74) is 1.49. The van der Waals surface area contributed by atoms with Crippen molar-refractivity contribution in [2.75, 3.05) is 12.4 Å². The number of benzene rings is 3. The van der Waals surface area contributed by atoms with Gasteiger partial charge in [0.15, 0.2) is 0 Å². The summed E-state index contributed by atoms with van der Waals surface area (Å²) in [6.07, 6.45) is 0.712. The van der Waals surface area contributed by atoms with E-state index in [-0.39, 0.29) is 24.0 Å². The number of phenolic OH excluding ortho intramolecular Hbond substituents is 2. The number of alkyl carbamates (subject to hydrolysis) is 1. The van der Waals surface area contributed by atoms with Crippen molar-refractivity contribution in [3.63, 3.8) is 0 Å². The molecule has 1 aliphatic carbocycles. The Morgan fingerprint density at radius 3 is 2.19 bits per heavy atom. The number of rotatable bonds is 10. The minimum atomic E-state index is -1.07. The van der Waals surface area contributed by atoms with E-state index in [2.05, 4.69) is 10.6 Å². The summed E-state index contributed by atoms with van der Waals surface area (Å²) >= 11 is 0. The molecule has 43 heavy (non-hydrogen) atoms. The molecule has 0 aromatic heterocycles. The molecule has 10 heteroatoms. The van der Waals surface area contributed by atoms with E-state index >= 15 is 0 Å². The van der Waals surface area contributed by atoms with Gasteiger partial charge in [-0.05, 0) is 106 Å². The minimum Gasteiger partial charge on any atom is -0.508 e. The SMILES string of the molecule is COc1ccc(NC(=O)C(c2ccc(O)c(C)c2)N(C(=O)C(Cc2ccc(O)cc2)NC(=O)OC(C)(C)C)C2CC2)cc1. The van der Waals surface area contributed by atoms with E-state index in [1.165, 1.54) is 23.1 Å². The molecule has 2 atom stereocenters. The molecule has 1 fully saturated rings. The average Bonchev–Trinajstić information content (AvgIpc) is 3.78. The lowest BCUT2D eigenvalue weighted by Crippen LogP contribution is -2.54. The summed E-state index contributed by atoms with van der Waals surface area (Å²) in [5, 5.41) is 25.6. The fourth-order valence-corrected chi connectivity index (χ4v) is 4.74. The summed E-state index contributed by atoms with van der Waals surface area (Å²) in [5.74, 6) is -0.134. The van der Waals surface area contributed by atoms with Crippen LogP contribution in [0.4, 0.5) is 10.5 Å². The number of aryl methyl sites for hydroxylation is 1. The van der Waals surface area contributed by atoms with Crippen LogP contribution in [0.1, 0.15) is 56.3 Å². The number of nitrogens with one attached hydrogen (secondary N) is 2. The molecule has 0 bridgehead atoms. The Bertz CT molecular complexity index is 1440. The minimum absolute atomic E-state index is 0.0687. The van der Waals surface area contributed by atoms with E-state index in [0.717, 1.165) is 0 Å². The highest BCUT2D eigenvalue weighted by Gasteiger charge is 2.44. The highest BCUT2D eigenvalue weighted by Crippen LogP contribution is 2.37. The second-order valence-corrected chi connectivity index (χ2v) is 11.7. The first kappa shape index (κ1) is 31.2. The van der Waals surface area contributed by atoms with E-state index < -0.39 is 35.6 Å². The Morgan fingerprint density at radius 1 is 0.977 bits per heavy atom. The summed E-state index contributed by atoms with van der Waals surface area (Å²) in [6.45, 7) is 6.91. The number of amides is 3. The number of carbonyl (C=O) groups is 3. The van der Waals surface area contributed by atoms with Gasteiger partial charge in [-0.1, -0.05) is 18.2 Å². The fraction of sp³-hybridized carbons (Fsp3) is 0.364. The van der Waals surface area contributed by atoms with Crippen molar-refractivity contribution in [3.8, 4) is 17.2 Å².